The summed E-state index contributed by atoms with van der Waals surface area (Å²) in [6.07, 6.45) is 2.06. The smallest absolute Gasteiger partial charge is 0.269 e. The van der Waals surface area contributed by atoms with Crippen molar-refractivity contribution in [3.63, 3.8) is 0 Å². The molecule has 2 aromatic heterocycles. The SMILES string of the molecule is Cc1cc(C(N)=O)nn1-c1ccc2c(ccn2Cc2ccc(-c3ccc(F)cc3)cc2)c1. The molecule has 5 nitrogen and oxygen atoms in total. The molecule has 0 aliphatic carbocycles. The Labute approximate surface area is 184 Å². The Morgan fingerprint density at radius 1 is 0.938 bits per heavy atom. The molecule has 1 amide bonds. The zero-order valence-electron chi connectivity index (χ0n) is 17.5. The van der Waals surface area contributed by atoms with E-state index in [0.29, 0.717) is 0 Å². The molecule has 5 rings (SSSR count). The van der Waals surface area contributed by atoms with Crippen molar-refractivity contribution >= 4 is 16.8 Å². The maximum absolute atomic E-state index is 13.2. The Morgan fingerprint density at radius 2 is 1.62 bits per heavy atom. The minimum atomic E-state index is -0.537. The van der Waals surface area contributed by atoms with Crippen LogP contribution in [0, 0.1) is 12.7 Å². The van der Waals surface area contributed by atoms with Gasteiger partial charge in [0.1, 0.15) is 5.82 Å². The number of amides is 1. The maximum atomic E-state index is 13.2. The number of halogens is 1. The van der Waals surface area contributed by atoms with Gasteiger partial charge in [0.15, 0.2) is 5.69 Å². The molecule has 0 saturated heterocycles. The van der Waals surface area contributed by atoms with Crippen LogP contribution in [-0.4, -0.2) is 20.3 Å². The van der Waals surface area contributed by atoms with E-state index in [1.165, 1.54) is 17.7 Å². The molecule has 32 heavy (non-hydrogen) atoms. The van der Waals surface area contributed by atoms with Crippen molar-refractivity contribution in [2.24, 2.45) is 5.73 Å². The fourth-order valence-electron chi connectivity index (χ4n) is 3.96. The average molecular weight is 424 g/mol. The summed E-state index contributed by atoms with van der Waals surface area (Å²) in [5.74, 6) is -0.770. The molecular weight excluding hydrogens is 403 g/mol. The number of aromatic nitrogens is 3. The first kappa shape index (κ1) is 19.8. The van der Waals surface area contributed by atoms with Crippen LogP contribution in [0.3, 0.4) is 0 Å². The number of carbonyl (C=O) groups is 1. The lowest BCUT2D eigenvalue weighted by atomic mass is 10.0. The number of benzene rings is 3. The van der Waals surface area contributed by atoms with Crippen molar-refractivity contribution in [3.8, 4) is 16.8 Å². The monoisotopic (exact) mass is 424 g/mol. The summed E-state index contributed by atoms with van der Waals surface area (Å²) >= 11 is 0. The van der Waals surface area contributed by atoms with Gasteiger partial charge in [0.05, 0.1) is 5.69 Å². The summed E-state index contributed by atoms with van der Waals surface area (Å²) in [5.41, 5.74) is 11.7. The molecule has 3 aromatic carbocycles. The quantitative estimate of drug-likeness (QED) is 0.427. The molecule has 158 valence electrons. The van der Waals surface area contributed by atoms with Crippen molar-refractivity contribution in [1.29, 1.82) is 0 Å². The van der Waals surface area contributed by atoms with E-state index in [-0.39, 0.29) is 11.5 Å². The summed E-state index contributed by atoms with van der Waals surface area (Å²) in [6, 6.07) is 24.7. The van der Waals surface area contributed by atoms with Crippen molar-refractivity contribution < 1.29 is 9.18 Å². The lowest BCUT2D eigenvalue weighted by molar-refractivity contribution is 0.0995. The second-order valence-electron chi connectivity index (χ2n) is 7.84. The largest absolute Gasteiger partial charge is 0.364 e. The van der Waals surface area contributed by atoms with Crippen LogP contribution < -0.4 is 5.73 Å². The van der Waals surface area contributed by atoms with Crippen LogP contribution >= 0.6 is 0 Å². The standard InChI is InChI=1S/C26H21FN4O/c1-17-14-24(26(28)32)29-31(17)23-10-11-25-21(15-23)12-13-30(25)16-18-2-4-19(5-3-18)20-6-8-22(27)9-7-20/h2-15H,16H2,1H3,(H2,28,32). The van der Waals surface area contributed by atoms with E-state index in [1.807, 2.05) is 19.1 Å². The van der Waals surface area contributed by atoms with Crippen LogP contribution in [0.2, 0.25) is 0 Å². The molecule has 0 bridgehead atoms. The molecule has 0 radical (unpaired) electrons. The number of nitrogens with zero attached hydrogens (tertiary/aromatic N) is 3. The van der Waals surface area contributed by atoms with Gasteiger partial charge in [0.25, 0.3) is 5.91 Å². The minimum Gasteiger partial charge on any atom is -0.364 e. The van der Waals surface area contributed by atoms with Crippen molar-refractivity contribution in [3.05, 3.63) is 108 Å². The average Bonchev–Trinajstić information content (AvgIpc) is 3.38. The van der Waals surface area contributed by atoms with Gasteiger partial charge in [-0.1, -0.05) is 36.4 Å². The normalized spacial score (nSPS) is 11.2. The third-order valence-electron chi connectivity index (χ3n) is 5.62. The molecular formula is C26H21FN4O. The van der Waals surface area contributed by atoms with E-state index >= 15 is 0 Å². The summed E-state index contributed by atoms with van der Waals surface area (Å²) < 4.78 is 17.1. The van der Waals surface area contributed by atoms with Crippen LogP contribution in [0.1, 0.15) is 21.7 Å². The highest BCUT2D eigenvalue weighted by atomic mass is 19.1. The molecule has 0 aliphatic heterocycles. The molecule has 0 spiro atoms. The van der Waals surface area contributed by atoms with Crippen molar-refractivity contribution in [1.82, 2.24) is 14.3 Å². The molecule has 0 atom stereocenters. The summed E-state index contributed by atoms with van der Waals surface area (Å²) in [6.45, 7) is 2.63. The lowest BCUT2D eigenvalue weighted by Crippen LogP contribution is -2.12. The van der Waals surface area contributed by atoms with E-state index in [1.54, 1.807) is 22.9 Å². The highest BCUT2D eigenvalue weighted by Crippen LogP contribution is 2.24. The van der Waals surface area contributed by atoms with E-state index in [2.05, 4.69) is 52.3 Å². The van der Waals surface area contributed by atoms with Gasteiger partial charge in [-0.3, -0.25) is 4.79 Å². The van der Waals surface area contributed by atoms with Gasteiger partial charge in [-0.2, -0.15) is 5.10 Å². The molecule has 5 aromatic rings. The number of rotatable bonds is 5. The van der Waals surface area contributed by atoms with Crippen LogP contribution in [0.5, 0.6) is 0 Å². The third kappa shape index (κ3) is 3.67. The summed E-state index contributed by atoms with van der Waals surface area (Å²) in [7, 11) is 0. The number of aryl methyl sites for hydroxylation is 1. The second-order valence-corrected chi connectivity index (χ2v) is 7.84. The zero-order valence-corrected chi connectivity index (χ0v) is 17.5. The van der Waals surface area contributed by atoms with Crippen LogP contribution in [0.15, 0.2) is 85.1 Å². The molecule has 2 heterocycles. The van der Waals surface area contributed by atoms with Crippen molar-refractivity contribution in [2.45, 2.75) is 13.5 Å². The van der Waals surface area contributed by atoms with E-state index < -0.39 is 5.91 Å². The molecule has 6 heteroatoms. The summed E-state index contributed by atoms with van der Waals surface area (Å²) in [4.78, 5) is 11.4. The first-order valence-corrected chi connectivity index (χ1v) is 10.3. The number of primary amides is 1. The zero-order chi connectivity index (χ0) is 22.2. The molecule has 0 saturated carbocycles. The van der Waals surface area contributed by atoms with Gasteiger partial charge in [-0.25, -0.2) is 9.07 Å². The van der Waals surface area contributed by atoms with E-state index in [0.717, 1.165) is 40.0 Å². The predicted octanol–water partition coefficient (Wildman–Crippen LogP) is 5.09. The minimum absolute atomic E-state index is 0.232. The molecule has 0 fully saturated rings. The Bertz CT molecular complexity index is 1430. The Balaban J connectivity index is 1.40. The van der Waals surface area contributed by atoms with Crippen LogP contribution in [0.25, 0.3) is 27.7 Å². The first-order chi connectivity index (χ1) is 15.5. The molecule has 0 aliphatic rings. The number of hydrogen-bond donors (Lipinski definition) is 1. The fourth-order valence-corrected chi connectivity index (χ4v) is 3.96. The molecule has 2 N–H and O–H groups in total. The van der Waals surface area contributed by atoms with Gasteiger partial charge in [0.2, 0.25) is 0 Å². The highest BCUT2D eigenvalue weighted by Gasteiger charge is 2.11. The van der Waals surface area contributed by atoms with Gasteiger partial charge < -0.3 is 10.3 Å². The van der Waals surface area contributed by atoms with Gasteiger partial charge >= 0.3 is 0 Å². The van der Waals surface area contributed by atoms with Crippen molar-refractivity contribution in [2.75, 3.05) is 0 Å². The Kier molecular flexibility index (Phi) is 4.82. The van der Waals surface area contributed by atoms with E-state index in [9.17, 15) is 9.18 Å². The van der Waals surface area contributed by atoms with Gasteiger partial charge in [-0.15, -0.1) is 0 Å². The summed E-state index contributed by atoms with van der Waals surface area (Å²) in [5, 5.41) is 5.40. The predicted molar refractivity (Wildman–Crippen MR) is 123 cm³/mol. The Hall–Kier alpha value is -4.19. The van der Waals surface area contributed by atoms with Gasteiger partial charge in [-0.05, 0) is 66.1 Å². The number of fused-ring (bicyclic) bond motifs is 1. The lowest BCUT2D eigenvalue weighted by Gasteiger charge is -2.09. The topological polar surface area (TPSA) is 65.8 Å². The van der Waals surface area contributed by atoms with Crippen LogP contribution in [-0.2, 0) is 6.54 Å². The third-order valence-corrected chi connectivity index (χ3v) is 5.62. The number of hydrogen-bond acceptors (Lipinski definition) is 2. The maximum Gasteiger partial charge on any atom is 0.269 e. The van der Waals surface area contributed by atoms with Gasteiger partial charge in [0, 0.05) is 29.3 Å². The van der Waals surface area contributed by atoms with E-state index in [4.69, 9.17) is 5.73 Å². The Morgan fingerprint density at radius 3 is 2.28 bits per heavy atom. The number of carbonyl (C=O) groups excluding carboxylic acids is 1. The number of nitrogens with two attached hydrogens (primary N) is 1. The first-order valence-electron chi connectivity index (χ1n) is 10.3. The fraction of sp³-hybridized carbons (Fsp3) is 0.0769. The highest BCUT2D eigenvalue weighted by molar-refractivity contribution is 5.91. The second kappa shape index (κ2) is 7.81. The molecule has 0 unspecified atom stereocenters. The van der Waals surface area contributed by atoms with Crippen LogP contribution in [0.4, 0.5) is 4.39 Å².